The number of carbonyl (C=O) groups excluding carboxylic acids is 2. The average Bonchev–Trinajstić information content (AvgIpc) is 3.32. The molecule has 10 heteroatoms. The van der Waals surface area contributed by atoms with Gasteiger partial charge < -0.3 is 10.2 Å². The molecule has 1 N–H and O–H groups in total. The van der Waals surface area contributed by atoms with E-state index < -0.39 is 34.3 Å². The molecule has 1 unspecified atom stereocenters. The van der Waals surface area contributed by atoms with E-state index in [9.17, 15) is 22.4 Å². The van der Waals surface area contributed by atoms with Gasteiger partial charge in [0.25, 0.3) is 0 Å². The molecule has 2 amide bonds. The van der Waals surface area contributed by atoms with Crippen LogP contribution in [0, 0.1) is 12.7 Å². The van der Waals surface area contributed by atoms with Gasteiger partial charge in [0.15, 0.2) is 0 Å². The first-order valence-corrected chi connectivity index (χ1v) is 14.3. The Kier molecular flexibility index (Phi) is 9.35. The first-order chi connectivity index (χ1) is 17.0. The molecule has 0 radical (unpaired) electrons. The maximum atomic E-state index is 13.7. The fourth-order valence-corrected chi connectivity index (χ4v) is 5.58. The lowest BCUT2D eigenvalue weighted by Crippen LogP contribution is -2.53. The Morgan fingerprint density at radius 2 is 1.78 bits per heavy atom. The predicted octanol–water partition coefficient (Wildman–Crippen LogP) is 4.42. The van der Waals surface area contributed by atoms with Crippen LogP contribution in [0.15, 0.2) is 42.5 Å². The molecule has 1 saturated carbocycles. The summed E-state index contributed by atoms with van der Waals surface area (Å²) in [6.45, 7) is 3.06. The Morgan fingerprint density at radius 3 is 2.36 bits per heavy atom. The highest BCUT2D eigenvalue weighted by molar-refractivity contribution is 7.92. The van der Waals surface area contributed by atoms with Crippen molar-refractivity contribution in [1.29, 1.82) is 0 Å². The number of benzene rings is 2. The molecule has 0 aliphatic heterocycles. The molecule has 1 aliphatic carbocycles. The van der Waals surface area contributed by atoms with E-state index in [1.54, 1.807) is 38.1 Å². The summed E-state index contributed by atoms with van der Waals surface area (Å²) in [7, 11) is -3.86. The summed E-state index contributed by atoms with van der Waals surface area (Å²) in [5, 5.41) is 3.39. The smallest absolute Gasteiger partial charge is 0.244 e. The van der Waals surface area contributed by atoms with E-state index >= 15 is 0 Å². The number of amides is 2. The summed E-state index contributed by atoms with van der Waals surface area (Å²) in [5.74, 6) is -1.23. The number of hydrogen-bond acceptors (Lipinski definition) is 4. The normalized spacial score (nSPS) is 14.9. The Hall–Kier alpha value is -2.65. The van der Waals surface area contributed by atoms with E-state index in [1.165, 1.54) is 23.1 Å². The highest BCUT2D eigenvalue weighted by Gasteiger charge is 2.33. The zero-order chi connectivity index (χ0) is 26.5. The van der Waals surface area contributed by atoms with E-state index in [1.807, 2.05) is 0 Å². The summed E-state index contributed by atoms with van der Waals surface area (Å²) in [6.07, 6.45) is 5.23. The van der Waals surface area contributed by atoms with Crippen LogP contribution in [0.2, 0.25) is 5.02 Å². The molecule has 196 valence electrons. The largest absolute Gasteiger partial charge is 0.352 e. The third kappa shape index (κ3) is 7.20. The molecule has 0 saturated heterocycles. The zero-order valence-corrected chi connectivity index (χ0v) is 22.4. The highest BCUT2D eigenvalue weighted by atomic mass is 35.5. The van der Waals surface area contributed by atoms with Crippen LogP contribution in [0.25, 0.3) is 0 Å². The van der Waals surface area contributed by atoms with Gasteiger partial charge in [-0.1, -0.05) is 49.6 Å². The fourth-order valence-electron chi connectivity index (χ4n) is 4.52. The van der Waals surface area contributed by atoms with Crippen LogP contribution in [0.3, 0.4) is 0 Å². The number of nitrogens with one attached hydrogen (secondary N) is 1. The van der Waals surface area contributed by atoms with Gasteiger partial charge in [0.2, 0.25) is 21.8 Å². The van der Waals surface area contributed by atoms with Crippen LogP contribution in [0.5, 0.6) is 0 Å². The van der Waals surface area contributed by atoms with Crippen LogP contribution in [0.4, 0.5) is 10.1 Å². The minimum atomic E-state index is -3.86. The van der Waals surface area contributed by atoms with E-state index in [2.05, 4.69) is 5.32 Å². The van der Waals surface area contributed by atoms with Crippen LogP contribution in [-0.4, -0.2) is 50.0 Å². The molecule has 7 nitrogen and oxygen atoms in total. The number of anilines is 1. The molecule has 3 rings (SSSR count). The molecule has 2 aromatic rings. The maximum absolute atomic E-state index is 13.7. The van der Waals surface area contributed by atoms with Crippen LogP contribution < -0.4 is 9.62 Å². The summed E-state index contributed by atoms with van der Waals surface area (Å²) in [4.78, 5) is 28.4. The van der Waals surface area contributed by atoms with Crippen molar-refractivity contribution in [2.24, 2.45) is 0 Å². The molecular weight excluding hydrogens is 505 g/mol. The van der Waals surface area contributed by atoms with Crippen molar-refractivity contribution in [3.63, 3.8) is 0 Å². The molecule has 1 atom stereocenters. The van der Waals surface area contributed by atoms with Gasteiger partial charge in [0.1, 0.15) is 18.4 Å². The molecule has 1 aliphatic rings. The molecule has 1 fully saturated rings. The molecule has 0 bridgehead atoms. The maximum Gasteiger partial charge on any atom is 0.244 e. The van der Waals surface area contributed by atoms with Gasteiger partial charge >= 0.3 is 0 Å². The van der Waals surface area contributed by atoms with Gasteiger partial charge in [-0.15, -0.1) is 0 Å². The second-order valence-corrected chi connectivity index (χ2v) is 11.6. The Balaban J connectivity index is 1.94. The fraction of sp³-hybridized carbons (Fsp3) is 0.462. The van der Waals surface area contributed by atoms with E-state index in [4.69, 9.17) is 11.6 Å². The third-order valence-corrected chi connectivity index (χ3v) is 7.83. The first-order valence-electron chi connectivity index (χ1n) is 12.1. The number of aryl methyl sites for hydroxylation is 1. The Bertz CT molecular complexity index is 1180. The van der Waals surface area contributed by atoms with Crippen molar-refractivity contribution < 1.29 is 22.4 Å². The number of sulfonamides is 1. The minimum absolute atomic E-state index is 0.0296. The Morgan fingerprint density at radius 1 is 1.14 bits per heavy atom. The van der Waals surface area contributed by atoms with Crippen LogP contribution in [-0.2, 0) is 26.2 Å². The standard InChI is InChI=1S/C26H33ClFN3O4S/c1-4-23(26(33)29-22-7-5-6-8-22)30(16-19-10-13-21(28)14-11-19)25(32)17-31(36(3,34)35)24-15-20(27)12-9-18(24)2/h9-15,22-23H,4-8,16-17H2,1-3H3,(H,29,33). The van der Waals surface area contributed by atoms with Crippen molar-refractivity contribution in [3.8, 4) is 0 Å². The molecule has 0 heterocycles. The average molecular weight is 538 g/mol. The van der Waals surface area contributed by atoms with Crippen molar-refractivity contribution in [3.05, 3.63) is 64.4 Å². The minimum Gasteiger partial charge on any atom is -0.352 e. The zero-order valence-electron chi connectivity index (χ0n) is 20.8. The second kappa shape index (κ2) is 12.1. The van der Waals surface area contributed by atoms with Crippen molar-refractivity contribution in [1.82, 2.24) is 10.2 Å². The molecular formula is C26H33ClFN3O4S. The monoisotopic (exact) mass is 537 g/mol. The summed E-state index contributed by atoms with van der Waals surface area (Å²) >= 11 is 6.13. The molecule has 0 aromatic heterocycles. The van der Waals surface area contributed by atoms with Crippen LogP contribution >= 0.6 is 11.6 Å². The van der Waals surface area contributed by atoms with Crippen molar-refractivity contribution in [2.75, 3.05) is 17.1 Å². The Labute approximate surface area is 217 Å². The number of halogens is 2. The lowest BCUT2D eigenvalue weighted by Gasteiger charge is -2.33. The van der Waals surface area contributed by atoms with Crippen LogP contribution in [0.1, 0.15) is 50.2 Å². The highest BCUT2D eigenvalue weighted by Crippen LogP contribution is 2.27. The number of nitrogens with zero attached hydrogens (tertiary/aromatic N) is 2. The number of carbonyl (C=O) groups is 2. The molecule has 2 aromatic carbocycles. The number of hydrogen-bond donors (Lipinski definition) is 1. The van der Waals surface area contributed by atoms with Gasteiger partial charge in [0, 0.05) is 17.6 Å². The summed E-state index contributed by atoms with van der Waals surface area (Å²) in [5.41, 5.74) is 1.55. The first kappa shape index (κ1) is 27.9. The van der Waals surface area contributed by atoms with Crippen molar-refractivity contribution in [2.45, 2.75) is 64.6 Å². The topological polar surface area (TPSA) is 86.8 Å². The van der Waals surface area contributed by atoms with E-state index in [0.29, 0.717) is 28.3 Å². The van der Waals surface area contributed by atoms with Gasteiger partial charge in [-0.25, -0.2) is 12.8 Å². The predicted molar refractivity (Wildman–Crippen MR) is 140 cm³/mol. The quantitative estimate of drug-likeness (QED) is 0.486. The lowest BCUT2D eigenvalue weighted by molar-refractivity contribution is -0.140. The van der Waals surface area contributed by atoms with Gasteiger partial charge in [-0.2, -0.15) is 0 Å². The SMILES string of the molecule is CCC(C(=O)NC1CCCC1)N(Cc1ccc(F)cc1)C(=O)CN(c1cc(Cl)ccc1C)S(C)(=O)=O. The van der Waals surface area contributed by atoms with Crippen molar-refractivity contribution >= 4 is 39.1 Å². The van der Waals surface area contributed by atoms with Gasteiger partial charge in [-0.05, 0) is 61.6 Å². The molecule has 36 heavy (non-hydrogen) atoms. The van der Waals surface area contributed by atoms with Gasteiger partial charge in [0.05, 0.1) is 11.9 Å². The summed E-state index contributed by atoms with van der Waals surface area (Å²) < 4.78 is 40.0. The number of rotatable bonds is 10. The van der Waals surface area contributed by atoms with Gasteiger partial charge in [-0.3, -0.25) is 13.9 Å². The van der Waals surface area contributed by atoms with E-state index in [-0.39, 0.29) is 18.5 Å². The van der Waals surface area contributed by atoms with E-state index in [0.717, 1.165) is 36.2 Å². The lowest BCUT2D eigenvalue weighted by atomic mass is 10.1. The summed E-state index contributed by atoms with van der Waals surface area (Å²) in [6, 6.07) is 9.75. The molecule has 0 spiro atoms. The second-order valence-electron chi connectivity index (χ2n) is 9.26. The third-order valence-electron chi connectivity index (χ3n) is 6.47.